The summed E-state index contributed by atoms with van der Waals surface area (Å²) in [4.78, 5) is -0.111. The molecular weight excluding hydrogens is 428 g/mol. The maximum Gasteiger partial charge on any atom is 0.183 e. The predicted octanol–water partition coefficient (Wildman–Crippen LogP) is 2.50. The van der Waals surface area contributed by atoms with Crippen molar-refractivity contribution in [3.8, 4) is 23.0 Å². The molecule has 0 aliphatic rings. The van der Waals surface area contributed by atoms with Gasteiger partial charge >= 0.3 is 0 Å². The number of hydrogen-bond acceptors (Lipinski definition) is 9. The molecule has 0 aliphatic heterocycles. The Kier molecular flexibility index (Phi) is 8.13. The lowest BCUT2D eigenvalue weighted by molar-refractivity contribution is -0.107. The number of hydrogen-bond donors (Lipinski definition) is 1. The fourth-order valence-corrected chi connectivity index (χ4v) is 4.13. The van der Waals surface area contributed by atoms with Crippen LogP contribution in [0.25, 0.3) is 0 Å². The Labute approximate surface area is 182 Å². The van der Waals surface area contributed by atoms with Crippen LogP contribution in [0, 0.1) is 0 Å². The van der Waals surface area contributed by atoms with Gasteiger partial charge in [-0.3, -0.25) is 0 Å². The smallest absolute Gasteiger partial charge is 0.183 e. The second-order valence-electron chi connectivity index (χ2n) is 6.57. The summed E-state index contributed by atoms with van der Waals surface area (Å²) in [7, 11) is 4.91. The molecule has 0 saturated heterocycles. The molecule has 2 aromatic carbocycles. The first-order valence-corrected chi connectivity index (χ1v) is 11.0. The van der Waals surface area contributed by atoms with Crippen molar-refractivity contribution in [3.05, 3.63) is 41.0 Å². The lowest BCUT2D eigenvalue weighted by Gasteiger charge is -2.24. The molecule has 2 aromatic rings. The van der Waals surface area contributed by atoms with E-state index in [2.05, 4.69) is 0 Å². The topological polar surface area (TPSA) is 110 Å². The summed E-state index contributed by atoms with van der Waals surface area (Å²) < 4.78 is 56.7. The largest absolute Gasteiger partial charge is 0.493 e. The molecule has 1 unspecified atom stereocenters. The zero-order valence-electron chi connectivity index (χ0n) is 18.6. The van der Waals surface area contributed by atoms with Crippen LogP contribution in [0.1, 0.15) is 29.1 Å². The van der Waals surface area contributed by atoms with E-state index in [1.54, 1.807) is 12.1 Å². The third kappa shape index (κ3) is 5.04. The molecule has 0 radical (unpaired) electrons. The van der Waals surface area contributed by atoms with Crippen molar-refractivity contribution in [1.82, 2.24) is 0 Å². The Hall–Kier alpha value is -2.53. The molecule has 0 aromatic heterocycles. The number of methoxy groups -OCH3 is 6. The van der Waals surface area contributed by atoms with Gasteiger partial charge in [0.1, 0.15) is 11.0 Å². The van der Waals surface area contributed by atoms with Crippen molar-refractivity contribution in [3.63, 3.8) is 0 Å². The standard InChI is InChI=1S/C21H28O9S/c1-25-15-10-13(14(11-16(15)26-2)21(29-5)30-6)19(22)12-8-17(27-3)20(28-4)18(9-12)31(7,23)24/h8-11,19,21-22H,1-7H3. The van der Waals surface area contributed by atoms with Crippen LogP contribution in [0.2, 0.25) is 0 Å². The quantitative estimate of drug-likeness (QED) is 0.539. The number of aliphatic hydroxyl groups excluding tert-OH is 1. The molecule has 0 amide bonds. The number of ether oxygens (including phenoxy) is 6. The van der Waals surface area contributed by atoms with Gasteiger partial charge in [-0.05, 0) is 35.4 Å². The Morgan fingerprint density at radius 2 is 1.26 bits per heavy atom. The van der Waals surface area contributed by atoms with Crippen molar-refractivity contribution >= 4 is 9.84 Å². The summed E-state index contributed by atoms with van der Waals surface area (Å²) in [6.07, 6.45) is -1.05. The van der Waals surface area contributed by atoms with Crippen molar-refractivity contribution in [2.24, 2.45) is 0 Å². The van der Waals surface area contributed by atoms with Crippen LogP contribution in [0.5, 0.6) is 23.0 Å². The highest BCUT2D eigenvalue weighted by Gasteiger charge is 2.27. The van der Waals surface area contributed by atoms with Crippen molar-refractivity contribution in [2.45, 2.75) is 17.3 Å². The molecule has 31 heavy (non-hydrogen) atoms. The van der Waals surface area contributed by atoms with Crippen LogP contribution in [0.4, 0.5) is 0 Å². The average Bonchev–Trinajstić information content (AvgIpc) is 2.77. The number of benzene rings is 2. The third-order valence-corrected chi connectivity index (χ3v) is 5.85. The minimum Gasteiger partial charge on any atom is -0.493 e. The first-order valence-electron chi connectivity index (χ1n) is 9.12. The fraction of sp³-hybridized carbons (Fsp3) is 0.429. The summed E-state index contributed by atoms with van der Waals surface area (Å²) in [5.41, 5.74) is 1.11. The highest BCUT2D eigenvalue weighted by molar-refractivity contribution is 7.90. The molecular formula is C21H28O9S. The summed E-state index contributed by atoms with van der Waals surface area (Å²) in [6, 6.07) is 6.07. The third-order valence-electron chi connectivity index (χ3n) is 4.75. The van der Waals surface area contributed by atoms with Gasteiger partial charge in [0.05, 0.1) is 28.4 Å². The molecule has 0 saturated carbocycles. The number of sulfone groups is 1. The van der Waals surface area contributed by atoms with Gasteiger partial charge in [0, 0.05) is 26.0 Å². The van der Waals surface area contributed by atoms with Crippen LogP contribution in [-0.2, 0) is 19.3 Å². The van der Waals surface area contributed by atoms with Gasteiger partial charge in [-0.1, -0.05) is 0 Å². The van der Waals surface area contributed by atoms with E-state index in [0.29, 0.717) is 22.6 Å². The van der Waals surface area contributed by atoms with Gasteiger partial charge in [-0.2, -0.15) is 0 Å². The fourth-order valence-electron chi connectivity index (χ4n) is 3.26. The Balaban J connectivity index is 2.80. The van der Waals surface area contributed by atoms with Crippen LogP contribution in [-0.4, -0.2) is 62.4 Å². The van der Waals surface area contributed by atoms with E-state index in [0.717, 1.165) is 6.26 Å². The zero-order valence-corrected chi connectivity index (χ0v) is 19.4. The van der Waals surface area contributed by atoms with E-state index < -0.39 is 22.2 Å². The summed E-state index contributed by atoms with van der Waals surface area (Å²) in [5, 5.41) is 11.3. The summed E-state index contributed by atoms with van der Waals surface area (Å²) in [6.45, 7) is 0. The summed E-state index contributed by atoms with van der Waals surface area (Å²) >= 11 is 0. The molecule has 0 bridgehead atoms. The molecule has 0 fully saturated rings. The lowest BCUT2D eigenvalue weighted by Crippen LogP contribution is -2.13. The van der Waals surface area contributed by atoms with Crippen molar-refractivity contribution in [1.29, 1.82) is 0 Å². The highest BCUT2D eigenvalue weighted by atomic mass is 32.2. The van der Waals surface area contributed by atoms with E-state index >= 15 is 0 Å². The predicted molar refractivity (Wildman–Crippen MR) is 113 cm³/mol. The molecule has 2 rings (SSSR count). The molecule has 0 spiro atoms. The molecule has 1 N–H and O–H groups in total. The van der Waals surface area contributed by atoms with Gasteiger partial charge < -0.3 is 33.5 Å². The number of aliphatic hydroxyl groups is 1. The molecule has 172 valence electrons. The van der Waals surface area contributed by atoms with Gasteiger partial charge in [-0.15, -0.1) is 0 Å². The second kappa shape index (κ2) is 10.2. The maximum atomic E-state index is 12.4. The van der Waals surface area contributed by atoms with E-state index in [-0.39, 0.29) is 22.0 Å². The van der Waals surface area contributed by atoms with Gasteiger partial charge in [0.25, 0.3) is 0 Å². The second-order valence-corrected chi connectivity index (χ2v) is 8.55. The Morgan fingerprint density at radius 1 is 0.742 bits per heavy atom. The van der Waals surface area contributed by atoms with E-state index in [1.165, 1.54) is 54.8 Å². The van der Waals surface area contributed by atoms with Crippen LogP contribution < -0.4 is 18.9 Å². The van der Waals surface area contributed by atoms with E-state index in [4.69, 9.17) is 28.4 Å². The van der Waals surface area contributed by atoms with Crippen LogP contribution >= 0.6 is 0 Å². The van der Waals surface area contributed by atoms with Crippen molar-refractivity contribution in [2.75, 3.05) is 48.9 Å². The Bertz CT molecular complexity index is 1010. The van der Waals surface area contributed by atoms with E-state index in [1.807, 2.05) is 0 Å². The van der Waals surface area contributed by atoms with Crippen LogP contribution in [0.3, 0.4) is 0 Å². The average molecular weight is 457 g/mol. The van der Waals surface area contributed by atoms with Crippen LogP contribution in [0.15, 0.2) is 29.2 Å². The monoisotopic (exact) mass is 456 g/mol. The first kappa shape index (κ1) is 24.7. The molecule has 0 heterocycles. The summed E-state index contributed by atoms with van der Waals surface area (Å²) in [5.74, 6) is 1.00. The first-order chi connectivity index (χ1) is 14.7. The van der Waals surface area contributed by atoms with Gasteiger partial charge in [0.15, 0.2) is 39.1 Å². The minimum absolute atomic E-state index is 0.0557. The SMILES string of the molecule is COc1cc(C(OC)OC)c(C(O)c2cc(OC)c(OC)c(S(C)(=O)=O)c2)cc1OC. The molecule has 0 aliphatic carbocycles. The van der Waals surface area contributed by atoms with Gasteiger partial charge in [0.2, 0.25) is 0 Å². The molecule has 1 atom stereocenters. The molecule has 9 nitrogen and oxygen atoms in total. The highest BCUT2D eigenvalue weighted by Crippen LogP contribution is 2.42. The maximum absolute atomic E-state index is 12.4. The number of rotatable bonds is 10. The normalized spacial score (nSPS) is 12.5. The zero-order chi connectivity index (χ0) is 23.3. The lowest BCUT2D eigenvalue weighted by atomic mass is 9.95. The van der Waals surface area contributed by atoms with E-state index in [9.17, 15) is 13.5 Å². The minimum atomic E-state index is -3.69. The van der Waals surface area contributed by atoms with Gasteiger partial charge in [-0.25, -0.2) is 8.42 Å². The Morgan fingerprint density at radius 3 is 1.68 bits per heavy atom. The molecule has 10 heteroatoms. The van der Waals surface area contributed by atoms with Crippen molar-refractivity contribution < 1.29 is 41.9 Å².